The fourth-order valence-electron chi connectivity index (χ4n) is 2.51. The van der Waals surface area contributed by atoms with Crippen molar-refractivity contribution in [3.63, 3.8) is 0 Å². The standard InChI is InChI=1S/C22H17F3N2OS/c1-15-7-9-17(10-8-15)21-27-19(14-29-21)13-20(28)26-11-3-5-16-4-2-6-18(12-16)22(23,24)25/h2,4,6-10,12,14H,11,13H2,1H3,(H,26,28). The van der Waals surface area contributed by atoms with Crippen molar-refractivity contribution >= 4 is 17.2 Å². The van der Waals surface area contributed by atoms with Crippen molar-refractivity contribution in [3.05, 3.63) is 76.3 Å². The number of nitrogens with zero attached hydrogens (tertiary/aromatic N) is 1. The maximum Gasteiger partial charge on any atom is 0.416 e. The highest BCUT2D eigenvalue weighted by Crippen LogP contribution is 2.29. The minimum absolute atomic E-state index is 0.0457. The summed E-state index contributed by atoms with van der Waals surface area (Å²) in [6, 6.07) is 12.8. The lowest BCUT2D eigenvalue weighted by Gasteiger charge is -2.05. The summed E-state index contributed by atoms with van der Waals surface area (Å²) < 4.78 is 38.1. The number of hydrogen-bond donors (Lipinski definition) is 1. The molecule has 7 heteroatoms. The predicted molar refractivity (Wildman–Crippen MR) is 107 cm³/mol. The lowest BCUT2D eigenvalue weighted by molar-refractivity contribution is -0.137. The minimum Gasteiger partial charge on any atom is -0.345 e. The SMILES string of the molecule is Cc1ccc(-c2nc(CC(=O)NCC#Cc3cccc(C(F)(F)F)c3)cs2)cc1. The van der Waals surface area contributed by atoms with Crippen molar-refractivity contribution < 1.29 is 18.0 Å². The molecule has 0 aliphatic rings. The predicted octanol–water partition coefficient (Wildman–Crippen LogP) is 4.85. The van der Waals surface area contributed by atoms with Crippen molar-refractivity contribution in [2.24, 2.45) is 0 Å². The van der Waals surface area contributed by atoms with E-state index in [1.165, 1.54) is 23.5 Å². The Morgan fingerprint density at radius 3 is 2.66 bits per heavy atom. The number of rotatable bonds is 4. The smallest absolute Gasteiger partial charge is 0.345 e. The van der Waals surface area contributed by atoms with Gasteiger partial charge in [0.2, 0.25) is 5.91 Å². The van der Waals surface area contributed by atoms with E-state index in [2.05, 4.69) is 22.1 Å². The van der Waals surface area contributed by atoms with Crippen LogP contribution < -0.4 is 5.32 Å². The molecule has 3 nitrogen and oxygen atoms in total. The monoisotopic (exact) mass is 414 g/mol. The quantitative estimate of drug-likeness (QED) is 0.621. The summed E-state index contributed by atoms with van der Waals surface area (Å²) in [5.41, 5.74) is 2.32. The molecule has 0 fully saturated rings. The van der Waals surface area contributed by atoms with Gasteiger partial charge in [0.05, 0.1) is 24.2 Å². The first kappa shape index (κ1) is 20.6. The van der Waals surface area contributed by atoms with Gasteiger partial charge >= 0.3 is 6.18 Å². The zero-order valence-corrected chi connectivity index (χ0v) is 16.3. The third kappa shape index (κ3) is 5.93. The topological polar surface area (TPSA) is 42.0 Å². The Balaban J connectivity index is 1.53. The lowest BCUT2D eigenvalue weighted by atomic mass is 10.1. The van der Waals surface area contributed by atoms with Gasteiger partial charge in [-0.3, -0.25) is 4.79 Å². The molecule has 1 N–H and O–H groups in total. The number of thiazole rings is 1. The van der Waals surface area contributed by atoms with Gasteiger partial charge in [-0.1, -0.05) is 47.7 Å². The van der Waals surface area contributed by atoms with Crippen molar-refractivity contribution in [1.29, 1.82) is 0 Å². The number of alkyl halides is 3. The highest BCUT2D eigenvalue weighted by Gasteiger charge is 2.30. The summed E-state index contributed by atoms with van der Waals surface area (Å²) in [5, 5.41) is 5.31. The summed E-state index contributed by atoms with van der Waals surface area (Å²) in [5.74, 6) is 5.05. The van der Waals surface area contributed by atoms with Crippen LogP contribution in [-0.4, -0.2) is 17.4 Å². The summed E-state index contributed by atoms with van der Waals surface area (Å²) in [6.45, 7) is 2.06. The molecule has 0 bridgehead atoms. The highest BCUT2D eigenvalue weighted by molar-refractivity contribution is 7.13. The summed E-state index contributed by atoms with van der Waals surface area (Å²) in [7, 11) is 0. The Kier molecular flexibility index (Phi) is 6.35. The van der Waals surface area contributed by atoms with Gasteiger partial charge in [0.25, 0.3) is 0 Å². The van der Waals surface area contributed by atoms with E-state index in [4.69, 9.17) is 0 Å². The van der Waals surface area contributed by atoms with Crippen molar-refractivity contribution in [1.82, 2.24) is 10.3 Å². The number of carbonyl (C=O) groups is 1. The van der Waals surface area contributed by atoms with Crippen LogP contribution in [0.5, 0.6) is 0 Å². The Morgan fingerprint density at radius 1 is 1.17 bits per heavy atom. The van der Waals surface area contributed by atoms with Crippen molar-refractivity contribution in [2.75, 3.05) is 6.54 Å². The Morgan fingerprint density at radius 2 is 1.93 bits per heavy atom. The second kappa shape index (κ2) is 8.93. The second-order valence-electron chi connectivity index (χ2n) is 6.34. The van der Waals surface area contributed by atoms with E-state index >= 15 is 0 Å². The van der Waals surface area contributed by atoms with Crippen LogP contribution in [0.15, 0.2) is 53.9 Å². The van der Waals surface area contributed by atoms with E-state index in [0.717, 1.165) is 28.3 Å². The van der Waals surface area contributed by atoms with Crippen LogP contribution in [-0.2, 0) is 17.4 Å². The van der Waals surface area contributed by atoms with E-state index in [1.54, 1.807) is 0 Å². The van der Waals surface area contributed by atoms with Crippen LogP contribution in [0.2, 0.25) is 0 Å². The molecule has 3 rings (SSSR count). The molecule has 0 unspecified atom stereocenters. The van der Waals surface area contributed by atoms with Crippen LogP contribution in [0.25, 0.3) is 10.6 Å². The molecule has 0 atom stereocenters. The molecule has 1 amide bonds. The van der Waals surface area contributed by atoms with Gasteiger partial charge in [0, 0.05) is 16.5 Å². The third-order valence-electron chi connectivity index (χ3n) is 3.99. The molecule has 148 valence electrons. The summed E-state index contributed by atoms with van der Waals surface area (Å²) in [6.07, 6.45) is -4.29. The van der Waals surface area contributed by atoms with E-state index < -0.39 is 11.7 Å². The molecule has 0 spiro atoms. The molecule has 0 saturated heterocycles. The molecular formula is C22H17F3N2OS. The summed E-state index contributed by atoms with van der Waals surface area (Å²) in [4.78, 5) is 16.5. The fraction of sp³-hybridized carbons (Fsp3) is 0.182. The number of nitrogens with one attached hydrogen (secondary N) is 1. The number of benzene rings is 2. The van der Waals surface area contributed by atoms with Crippen molar-refractivity contribution in [2.45, 2.75) is 19.5 Å². The molecule has 0 radical (unpaired) electrons. The van der Waals surface area contributed by atoms with Gasteiger partial charge in [-0.2, -0.15) is 13.2 Å². The molecule has 29 heavy (non-hydrogen) atoms. The van der Waals surface area contributed by atoms with Gasteiger partial charge in [-0.05, 0) is 25.1 Å². The first-order chi connectivity index (χ1) is 13.8. The van der Waals surface area contributed by atoms with Gasteiger partial charge in [0.15, 0.2) is 0 Å². The number of aryl methyl sites for hydroxylation is 1. The molecule has 0 aliphatic heterocycles. The van der Waals surface area contributed by atoms with Crippen LogP contribution >= 0.6 is 11.3 Å². The second-order valence-corrected chi connectivity index (χ2v) is 7.20. The average molecular weight is 414 g/mol. The number of halogens is 3. The average Bonchev–Trinajstić information content (AvgIpc) is 3.14. The Labute approximate surface area is 170 Å². The van der Waals surface area contributed by atoms with Crippen LogP contribution in [0.1, 0.15) is 22.4 Å². The van der Waals surface area contributed by atoms with Crippen LogP contribution in [0, 0.1) is 18.8 Å². The van der Waals surface area contributed by atoms with E-state index in [1.807, 2.05) is 36.6 Å². The van der Waals surface area contributed by atoms with Gasteiger partial charge in [-0.15, -0.1) is 11.3 Å². The first-order valence-corrected chi connectivity index (χ1v) is 9.63. The molecular weight excluding hydrogens is 397 g/mol. The minimum atomic E-state index is -4.41. The Hall–Kier alpha value is -3.11. The van der Waals surface area contributed by atoms with E-state index in [-0.39, 0.29) is 24.4 Å². The molecule has 1 heterocycles. The zero-order chi connectivity index (χ0) is 20.9. The maximum absolute atomic E-state index is 12.7. The first-order valence-electron chi connectivity index (χ1n) is 8.75. The van der Waals surface area contributed by atoms with Gasteiger partial charge < -0.3 is 5.32 Å². The van der Waals surface area contributed by atoms with Crippen LogP contribution in [0.4, 0.5) is 13.2 Å². The van der Waals surface area contributed by atoms with Crippen molar-refractivity contribution in [3.8, 4) is 22.4 Å². The molecule has 2 aromatic carbocycles. The normalized spacial score (nSPS) is 10.9. The molecule has 3 aromatic rings. The highest BCUT2D eigenvalue weighted by atomic mass is 32.1. The lowest BCUT2D eigenvalue weighted by Crippen LogP contribution is -2.25. The van der Waals surface area contributed by atoms with Gasteiger partial charge in [-0.25, -0.2) is 4.98 Å². The maximum atomic E-state index is 12.7. The van der Waals surface area contributed by atoms with Gasteiger partial charge in [0.1, 0.15) is 5.01 Å². The number of aromatic nitrogens is 1. The summed E-state index contributed by atoms with van der Waals surface area (Å²) >= 11 is 1.47. The zero-order valence-electron chi connectivity index (χ0n) is 15.5. The fourth-order valence-corrected chi connectivity index (χ4v) is 3.33. The number of hydrogen-bond acceptors (Lipinski definition) is 3. The van der Waals surface area contributed by atoms with E-state index in [0.29, 0.717) is 5.69 Å². The Bertz CT molecular complexity index is 1060. The van der Waals surface area contributed by atoms with Crippen LogP contribution in [0.3, 0.4) is 0 Å². The number of carbonyl (C=O) groups excluding carboxylic acids is 1. The molecule has 0 saturated carbocycles. The van der Waals surface area contributed by atoms with E-state index in [9.17, 15) is 18.0 Å². The number of amides is 1. The molecule has 1 aromatic heterocycles. The molecule has 0 aliphatic carbocycles. The largest absolute Gasteiger partial charge is 0.416 e. The third-order valence-corrected chi connectivity index (χ3v) is 4.93.